The van der Waals surface area contributed by atoms with E-state index in [4.69, 9.17) is 0 Å². The van der Waals surface area contributed by atoms with Gasteiger partial charge in [0.2, 0.25) is 6.86 Å². The molecule has 0 bridgehead atoms. The van der Waals surface area contributed by atoms with Gasteiger partial charge in [0.25, 0.3) is 0 Å². The van der Waals surface area contributed by atoms with Crippen LogP contribution in [0, 0.1) is 0 Å². The SMILES string of the molecule is C/C(=C\C(=O)OCF)C(F)(C(F)(F)F)C(F)(F)F. The molecule has 10 heteroatoms. The summed E-state index contributed by atoms with van der Waals surface area (Å²) in [5.41, 5.74) is -7.70. The van der Waals surface area contributed by atoms with E-state index < -0.39 is 42.5 Å². The highest BCUT2D eigenvalue weighted by atomic mass is 19.4. The van der Waals surface area contributed by atoms with Crippen LogP contribution in [0.4, 0.5) is 35.1 Å². The summed E-state index contributed by atoms with van der Waals surface area (Å²) in [5.74, 6) is -1.86. The van der Waals surface area contributed by atoms with Gasteiger partial charge in [-0.25, -0.2) is 13.6 Å². The highest BCUT2D eigenvalue weighted by Gasteiger charge is 2.73. The van der Waals surface area contributed by atoms with Crippen LogP contribution < -0.4 is 0 Å². The molecule has 0 aromatic rings. The van der Waals surface area contributed by atoms with Crippen LogP contribution in [0.1, 0.15) is 6.92 Å². The van der Waals surface area contributed by atoms with Gasteiger partial charge in [0.1, 0.15) is 0 Å². The first-order valence-electron chi connectivity index (χ1n) is 4.11. The van der Waals surface area contributed by atoms with Gasteiger partial charge >= 0.3 is 24.0 Å². The molecule has 0 atom stereocenters. The summed E-state index contributed by atoms with van der Waals surface area (Å²) >= 11 is 0. The molecule has 0 fully saturated rings. The van der Waals surface area contributed by atoms with Gasteiger partial charge < -0.3 is 4.74 Å². The molecule has 18 heavy (non-hydrogen) atoms. The Kier molecular flexibility index (Phi) is 4.72. The number of carbonyl (C=O) groups is 1. The minimum absolute atomic E-state index is 0.0977. The number of allylic oxidation sites excluding steroid dienone is 1. The maximum absolute atomic E-state index is 13.2. The summed E-state index contributed by atoms with van der Waals surface area (Å²) in [6, 6.07) is 0. The summed E-state index contributed by atoms with van der Waals surface area (Å²) in [5, 5.41) is 0. The standard InChI is InChI=1S/C8H6F8O2/c1-4(2-5(17)18-3-9)6(10,7(11,12)13)8(14,15)16/h2H,3H2,1H3/b4-2+. The van der Waals surface area contributed by atoms with Gasteiger partial charge in [0.15, 0.2) is 0 Å². The summed E-state index contributed by atoms with van der Waals surface area (Å²) in [4.78, 5) is 10.5. The van der Waals surface area contributed by atoms with E-state index in [0.717, 1.165) is 0 Å². The van der Waals surface area contributed by atoms with Crippen molar-refractivity contribution in [3.63, 3.8) is 0 Å². The van der Waals surface area contributed by atoms with Gasteiger partial charge in [-0.3, -0.25) is 0 Å². The second kappa shape index (κ2) is 5.11. The van der Waals surface area contributed by atoms with Crippen molar-refractivity contribution in [2.75, 3.05) is 6.86 Å². The van der Waals surface area contributed by atoms with Crippen molar-refractivity contribution in [3.8, 4) is 0 Å². The first kappa shape index (κ1) is 16.6. The van der Waals surface area contributed by atoms with Crippen molar-refractivity contribution in [3.05, 3.63) is 11.6 Å². The molecule has 0 N–H and O–H groups in total. The fourth-order valence-corrected chi connectivity index (χ4v) is 0.980. The third-order valence-corrected chi connectivity index (χ3v) is 1.86. The zero-order valence-electron chi connectivity index (χ0n) is 8.62. The number of ether oxygens (including phenoxy) is 1. The summed E-state index contributed by atoms with van der Waals surface area (Å²) in [6.45, 7) is -1.67. The number of esters is 1. The fraction of sp³-hybridized carbons (Fsp3) is 0.625. The second-order valence-corrected chi connectivity index (χ2v) is 3.05. The van der Waals surface area contributed by atoms with E-state index >= 15 is 0 Å². The predicted molar refractivity (Wildman–Crippen MR) is 41.8 cm³/mol. The van der Waals surface area contributed by atoms with E-state index in [1.54, 1.807) is 0 Å². The van der Waals surface area contributed by atoms with E-state index in [1.165, 1.54) is 0 Å². The van der Waals surface area contributed by atoms with E-state index in [-0.39, 0.29) is 6.92 Å². The van der Waals surface area contributed by atoms with Crippen molar-refractivity contribution in [2.24, 2.45) is 0 Å². The number of hydrogen-bond acceptors (Lipinski definition) is 2. The maximum atomic E-state index is 13.2. The summed E-state index contributed by atoms with van der Waals surface area (Å²) in [7, 11) is 0. The van der Waals surface area contributed by atoms with Crippen molar-refractivity contribution in [1.29, 1.82) is 0 Å². The van der Waals surface area contributed by atoms with Crippen molar-refractivity contribution < 1.29 is 44.7 Å². The van der Waals surface area contributed by atoms with E-state index in [0.29, 0.717) is 0 Å². The Bertz CT molecular complexity index is 326. The van der Waals surface area contributed by atoms with E-state index in [1.807, 2.05) is 0 Å². The molecule has 0 aliphatic rings. The molecule has 0 unspecified atom stereocenters. The first-order valence-corrected chi connectivity index (χ1v) is 4.11. The van der Waals surface area contributed by atoms with Crippen LogP contribution in [0.2, 0.25) is 0 Å². The van der Waals surface area contributed by atoms with Gasteiger partial charge in [-0.15, -0.1) is 0 Å². The smallest absolute Gasteiger partial charge is 0.431 e. The lowest BCUT2D eigenvalue weighted by atomic mass is 9.95. The Morgan fingerprint density at radius 3 is 1.72 bits per heavy atom. The van der Waals surface area contributed by atoms with Crippen LogP contribution in [0.25, 0.3) is 0 Å². The molecule has 0 amide bonds. The highest BCUT2D eigenvalue weighted by molar-refractivity contribution is 5.83. The average Bonchev–Trinajstić information content (AvgIpc) is 2.12. The predicted octanol–water partition coefficient (Wildman–Crippen LogP) is 3.24. The van der Waals surface area contributed by atoms with Gasteiger partial charge in [-0.05, 0) is 12.5 Å². The maximum Gasteiger partial charge on any atom is 0.435 e. The van der Waals surface area contributed by atoms with Crippen LogP contribution in [-0.4, -0.2) is 30.9 Å². The summed E-state index contributed by atoms with van der Waals surface area (Å²) < 4.78 is 101. The Balaban J connectivity index is 5.58. The molecule has 106 valence electrons. The lowest BCUT2D eigenvalue weighted by molar-refractivity contribution is -0.326. The van der Waals surface area contributed by atoms with Crippen molar-refractivity contribution in [1.82, 2.24) is 0 Å². The molecule has 0 radical (unpaired) electrons. The van der Waals surface area contributed by atoms with Gasteiger partial charge in [-0.1, -0.05) is 0 Å². The Hall–Kier alpha value is -1.35. The third kappa shape index (κ3) is 3.10. The molecule has 0 aliphatic heterocycles. The van der Waals surface area contributed by atoms with Gasteiger partial charge in [0, 0.05) is 6.08 Å². The fourth-order valence-electron chi connectivity index (χ4n) is 0.980. The first-order chi connectivity index (χ1) is 7.88. The van der Waals surface area contributed by atoms with Crippen LogP contribution >= 0.6 is 0 Å². The molecule has 0 spiro atoms. The van der Waals surface area contributed by atoms with Crippen LogP contribution in [0.15, 0.2) is 11.6 Å². The zero-order valence-corrected chi connectivity index (χ0v) is 8.62. The Labute approximate surface area is 95.2 Å². The van der Waals surface area contributed by atoms with Crippen molar-refractivity contribution >= 4 is 5.97 Å². The lowest BCUT2D eigenvalue weighted by Gasteiger charge is -2.30. The molecule has 0 rings (SSSR count). The topological polar surface area (TPSA) is 26.3 Å². The normalized spacial score (nSPS) is 14.6. The Morgan fingerprint density at radius 2 is 1.44 bits per heavy atom. The number of alkyl halides is 8. The molecule has 0 saturated carbocycles. The second-order valence-electron chi connectivity index (χ2n) is 3.05. The number of rotatable bonds is 3. The molecule has 0 heterocycles. The monoisotopic (exact) mass is 286 g/mol. The molecular weight excluding hydrogens is 280 g/mol. The van der Waals surface area contributed by atoms with Crippen LogP contribution in [0.5, 0.6) is 0 Å². The Morgan fingerprint density at radius 1 is 1.06 bits per heavy atom. The van der Waals surface area contributed by atoms with Crippen LogP contribution in [-0.2, 0) is 9.53 Å². The molecule has 2 nitrogen and oxygen atoms in total. The minimum atomic E-state index is -6.32. The molecule has 0 aromatic carbocycles. The molecule has 0 aromatic heterocycles. The minimum Gasteiger partial charge on any atom is -0.431 e. The van der Waals surface area contributed by atoms with Crippen molar-refractivity contribution in [2.45, 2.75) is 24.9 Å². The quantitative estimate of drug-likeness (QED) is 0.452. The highest BCUT2D eigenvalue weighted by Crippen LogP contribution is 2.50. The molecule has 0 aliphatic carbocycles. The van der Waals surface area contributed by atoms with Gasteiger partial charge in [-0.2, -0.15) is 26.3 Å². The van der Waals surface area contributed by atoms with Crippen LogP contribution in [0.3, 0.4) is 0 Å². The average molecular weight is 286 g/mol. The lowest BCUT2D eigenvalue weighted by Crippen LogP contribution is -2.54. The number of halogens is 8. The van der Waals surface area contributed by atoms with E-state index in [9.17, 15) is 39.9 Å². The van der Waals surface area contributed by atoms with E-state index in [2.05, 4.69) is 4.74 Å². The summed E-state index contributed by atoms with van der Waals surface area (Å²) in [6.07, 6.45) is -13.0. The van der Waals surface area contributed by atoms with Gasteiger partial charge in [0.05, 0.1) is 0 Å². The molecule has 0 saturated heterocycles. The third-order valence-electron chi connectivity index (χ3n) is 1.86. The zero-order chi connectivity index (χ0) is 14.8. The largest absolute Gasteiger partial charge is 0.435 e. The molecular formula is C8H6F8O2. The number of carbonyl (C=O) groups excluding carboxylic acids is 1. The number of hydrogen-bond donors (Lipinski definition) is 0.